The number of hydrogen-bond acceptors (Lipinski definition) is 7. The van der Waals surface area contributed by atoms with E-state index >= 15 is 0 Å². The highest BCUT2D eigenvalue weighted by Crippen LogP contribution is 2.31. The van der Waals surface area contributed by atoms with Crippen LogP contribution in [-0.2, 0) is 0 Å². The molecular formula is C12H8N4O3S. The molecule has 0 fully saturated rings. The minimum Gasteiger partial charge on any atom is -0.397 e. The van der Waals surface area contributed by atoms with Gasteiger partial charge in [0.1, 0.15) is 4.88 Å². The molecule has 2 heterocycles. The lowest BCUT2D eigenvalue weighted by atomic mass is 10.2. The Morgan fingerprint density at radius 3 is 2.60 bits per heavy atom. The third-order valence-electron chi connectivity index (χ3n) is 2.65. The van der Waals surface area contributed by atoms with Crippen LogP contribution >= 0.6 is 11.3 Å². The van der Waals surface area contributed by atoms with Gasteiger partial charge in [0.25, 0.3) is 11.6 Å². The first-order valence-corrected chi connectivity index (χ1v) is 6.45. The van der Waals surface area contributed by atoms with Gasteiger partial charge >= 0.3 is 0 Å². The molecule has 0 spiro atoms. The Balaban J connectivity index is 1.94. The number of hydrogen-bond donors (Lipinski definition) is 1. The van der Waals surface area contributed by atoms with Crippen molar-refractivity contribution in [2.24, 2.45) is 0 Å². The molecule has 0 bridgehead atoms. The van der Waals surface area contributed by atoms with E-state index in [1.165, 1.54) is 23.5 Å². The first kappa shape index (κ1) is 12.3. The molecule has 0 saturated carbocycles. The predicted octanol–water partition coefficient (Wildman–Crippen LogP) is 2.96. The number of nitrogens with zero attached hydrogens (tertiary/aromatic N) is 3. The van der Waals surface area contributed by atoms with Crippen molar-refractivity contribution in [3.63, 3.8) is 0 Å². The van der Waals surface area contributed by atoms with Gasteiger partial charge in [-0.25, -0.2) is 0 Å². The number of non-ortho nitro benzene ring substituents is 1. The largest absolute Gasteiger partial charge is 0.397 e. The van der Waals surface area contributed by atoms with E-state index in [4.69, 9.17) is 10.3 Å². The fourth-order valence-corrected chi connectivity index (χ4v) is 2.40. The quantitative estimate of drug-likeness (QED) is 0.586. The maximum atomic E-state index is 10.6. The Kier molecular flexibility index (Phi) is 2.92. The summed E-state index contributed by atoms with van der Waals surface area (Å²) in [5.74, 6) is 0.702. The molecule has 1 aromatic carbocycles. The number of nitrogens with two attached hydrogens (primary N) is 1. The Morgan fingerprint density at radius 2 is 2.00 bits per heavy atom. The first-order valence-electron chi connectivity index (χ1n) is 5.57. The van der Waals surface area contributed by atoms with Gasteiger partial charge in [-0.05, 0) is 23.6 Å². The molecule has 2 N–H and O–H groups in total. The molecule has 20 heavy (non-hydrogen) atoms. The highest BCUT2D eigenvalue weighted by atomic mass is 32.1. The molecule has 0 radical (unpaired) electrons. The van der Waals surface area contributed by atoms with Crippen molar-refractivity contribution < 1.29 is 9.45 Å². The molecule has 0 aliphatic rings. The van der Waals surface area contributed by atoms with Crippen LogP contribution in [-0.4, -0.2) is 15.1 Å². The fraction of sp³-hybridized carbons (Fsp3) is 0. The minimum atomic E-state index is -0.461. The molecule has 3 rings (SSSR count). The molecular weight excluding hydrogens is 280 g/mol. The van der Waals surface area contributed by atoms with E-state index in [9.17, 15) is 10.1 Å². The highest BCUT2D eigenvalue weighted by molar-refractivity contribution is 7.14. The molecule has 7 nitrogen and oxygen atoms in total. The summed E-state index contributed by atoms with van der Waals surface area (Å²) in [6, 6.07) is 7.70. The van der Waals surface area contributed by atoms with Crippen LogP contribution in [0.2, 0.25) is 0 Å². The van der Waals surface area contributed by atoms with Crippen LogP contribution < -0.4 is 5.73 Å². The van der Waals surface area contributed by atoms with E-state index < -0.39 is 4.92 Å². The molecule has 8 heteroatoms. The Labute approximate surface area is 116 Å². The summed E-state index contributed by atoms with van der Waals surface area (Å²) < 4.78 is 5.16. The summed E-state index contributed by atoms with van der Waals surface area (Å²) in [6.45, 7) is 0. The van der Waals surface area contributed by atoms with Crippen LogP contribution in [0.3, 0.4) is 0 Å². The van der Waals surface area contributed by atoms with Gasteiger partial charge in [-0.2, -0.15) is 4.98 Å². The third kappa shape index (κ3) is 2.12. The molecule has 0 atom stereocenters. The zero-order chi connectivity index (χ0) is 14.1. The Hall–Kier alpha value is -2.74. The molecule has 3 aromatic rings. The average Bonchev–Trinajstić information content (AvgIpc) is 3.07. The van der Waals surface area contributed by atoms with Crippen molar-refractivity contribution in [2.45, 2.75) is 0 Å². The van der Waals surface area contributed by atoms with Crippen molar-refractivity contribution in [3.8, 4) is 22.2 Å². The van der Waals surface area contributed by atoms with E-state index in [1.807, 2.05) is 5.38 Å². The number of benzene rings is 1. The van der Waals surface area contributed by atoms with E-state index in [-0.39, 0.29) is 5.69 Å². The van der Waals surface area contributed by atoms with Crippen molar-refractivity contribution in [2.75, 3.05) is 5.73 Å². The number of aromatic nitrogens is 2. The maximum absolute atomic E-state index is 10.6. The van der Waals surface area contributed by atoms with E-state index in [1.54, 1.807) is 18.2 Å². The second-order valence-corrected chi connectivity index (χ2v) is 4.85. The zero-order valence-corrected chi connectivity index (χ0v) is 10.8. The second kappa shape index (κ2) is 4.74. The molecule has 0 unspecified atom stereocenters. The molecule has 2 aromatic heterocycles. The van der Waals surface area contributed by atoms with Crippen molar-refractivity contribution in [1.82, 2.24) is 10.1 Å². The lowest BCUT2D eigenvalue weighted by Crippen LogP contribution is -1.88. The van der Waals surface area contributed by atoms with Crippen molar-refractivity contribution in [3.05, 3.63) is 45.8 Å². The predicted molar refractivity (Wildman–Crippen MR) is 74.1 cm³/mol. The molecule has 0 amide bonds. The van der Waals surface area contributed by atoms with Gasteiger partial charge < -0.3 is 10.3 Å². The highest BCUT2D eigenvalue weighted by Gasteiger charge is 2.15. The van der Waals surface area contributed by atoms with Gasteiger partial charge in [-0.1, -0.05) is 5.16 Å². The van der Waals surface area contributed by atoms with Gasteiger partial charge in [0.15, 0.2) is 0 Å². The van der Waals surface area contributed by atoms with Gasteiger partial charge in [-0.3, -0.25) is 10.1 Å². The lowest BCUT2D eigenvalue weighted by molar-refractivity contribution is -0.384. The SMILES string of the molecule is Nc1ccsc1-c1nc(-c2ccc([N+](=O)[O-])cc2)no1. The zero-order valence-electron chi connectivity index (χ0n) is 10.0. The molecule has 100 valence electrons. The number of anilines is 1. The number of nitrogen functional groups attached to an aromatic ring is 1. The van der Waals surface area contributed by atoms with E-state index in [0.717, 1.165) is 0 Å². The monoisotopic (exact) mass is 288 g/mol. The van der Waals surface area contributed by atoms with Crippen LogP contribution in [0, 0.1) is 10.1 Å². The second-order valence-electron chi connectivity index (χ2n) is 3.93. The summed E-state index contributed by atoms with van der Waals surface area (Å²) in [5.41, 5.74) is 7.01. The summed E-state index contributed by atoms with van der Waals surface area (Å²) in [5, 5.41) is 16.3. The van der Waals surface area contributed by atoms with Crippen LogP contribution in [0.15, 0.2) is 40.2 Å². The van der Waals surface area contributed by atoms with Gasteiger partial charge in [0.05, 0.1) is 10.6 Å². The standard InChI is InChI=1S/C12H8N4O3S/c13-9-5-6-20-10(9)12-14-11(15-19-12)7-1-3-8(4-2-7)16(17)18/h1-6H,13H2. The summed E-state index contributed by atoms with van der Waals surface area (Å²) in [6.07, 6.45) is 0. The first-order chi connectivity index (χ1) is 9.65. The Bertz CT molecular complexity index is 763. The van der Waals surface area contributed by atoms with Crippen LogP contribution in [0.4, 0.5) is 11.4 Å². The fourth-order valence-electron chi connectivity index (χ4n) is 1.66. The third-order valence-corrected chi connectivity index (χ3v) is 3.57. The number of thiophene rings is 1. The maximum Gasteiger partial charge on any atom is 0.270 e. The number of nitro groups is 1. The van der Waals surface area contributed by atoms with E-state index in [2.05, 4.69) is 10.1 Å². The smallest absolute Gasteiger partial charge is 0.270 e. The average molecular weight is 288 g/mol. The van der Waals surface area contributed by atoms with Crippen LogP contribution in [0.1, 0.15) is 0 Å². The number of rotatable bonds is 3. The molecule has 0 aliphatic heterocycles. The summed E-state index contributed by atoms with van der Waals surface area (Å²) >= 11 is 1.41. The van der Waals surface area contributed by atoms with Crippen molar-refractivity contribution >= 4 is 22.7 Å². The lowest BCUT2D eigenvalue weighted by Gasteiger charge is -1.93. The molecule has 0 saturated heterocycles. The summed E-state index contributed by atoms with van der Waals surface area (Å²) in [4.78, 5) is 15.1. The topological polar surface area (TPSA) is 108 Å². The molecule has 0 aliphatic carbocycles. The van der Waals surface area contributed by atoms with Crippen LogP contribution in [0.25, 0.3) is 22.2 Å². The minimum absolute atomic E-state index is 0.0139. The normalized spacial score (nSPS) is 10.6. The van der Waals surface area contributed by atoms with Gasteiger partial charge in [-0.15, -0.1) is 11.3 Å². The summed E-state index contributed by atoms with van der Waals surface area (Å²) in [7, 11) is 0. The van der Waals surface area contributed by atoms with Gasteiger partial charge in [0, 0.05) is 17.7 Å². The van der Waals surface area contributed by atoms with Gasteiger partial charge in [0.2, 0.25) is 5.82 Å². The van der Waals surface area contributed by atoms with E-state index in [0.29, 0.717) is 27.8 Å². The van der Waals surface area contributed by atoms with Crippen LogP contribution in [0.5, 0.6) is 0 Å². The Morgan fingerprint density at radius 1 is 1.25 bits per heavy atom. The van der Waals surface area contributed by atoms with Crippen molar-refractivity contribution in [1.29, 1.82) is 0 Å². The number of nitro benzene ring substituents is 1.